The van der Waals surface area contributed by atoms with Crippen molar-refractivity contribution in [2.24, 2.45) is 0 Å². The van der Waals surface area contributed by atoms with Crippen LogP contribution in [0.4, 0.5) is 0 Å². The molecule has 1 fully saturated rings. The van der Waals surface area contributed by atoms with Gasteiger partial charge >= 0.3 is 0 Å². The molecule has 3 aliphatic rings. The topological polar surface area (TPSA) is 82.1 Å². The van der Waals surface area contributed by atoms with Crippen molar-refractivity contribution in [3.8, 4) is 17.2 Å². The number of fused-ring (bicyclic) bond motifs is 2. The lowest BCUT2D eigenvalue weighted by atomic mass is 9.99. The fourth-order valence-corrected chi connectivity index (χ4v) is 6.35. The summed E-state index contributed by atoms with van der Waals surface area (Å²) in [6.45, 7) is 5.19. The van der Waals surface area contributed by atoms with Crippen molar-refractivity contribution in [3.63, 3.8) is 0 Å². The Kier molecular flexibility index (Phi) is 5.22. The summed E-state index contributed by atoms with van der Waals surface area (Å²) < 4.78 is 41.4. The Bertz CT molecular complexity index is 1230. The van der Waals surface area contributed by atoms with E-state index < -0.39 is 9.84 Å². The lowest BCUT2D eigenvalue weighted by Crippen LogP contribution is -2.41. The van der Waals surface area contributed by atoms with Gasteiger partial charge in [0.15, 0.2) is 15.6 Å². The summed E-state index contributed by atoms with van der Waals surface area (Å²) in [6, 6.07) is 9.28. The van der Waals surface area contributed by atoms with Crippen LogP contribution in [0.2, 0.25) is 0 Å². The number of hydrogen-bond donors (Lipinski definition) is 0. The Labute approximate surface area is 187 Å². The molecule has 3 aliphatic heterocycles. The summed E-state index contributed by atoms with van der Waals surface area (Å²) in [5.41, 5.74) is 2.94. The molecule has 0 aliphatic carbocycles. The third kappa shape index (κ3) is 3.67. The van der Waals surface area contributed by atoms with E-state index in [0.29, 0.717) is 49.1 Å². The molecule has 8 heteroatoms. The normalized spacial score (nSPS) is 22.9. The van der Waals surface area contributed by atoms with E-state index in [1.165, 1.54) is 0 Å². The van der Waals surface area contributed by atoms with Crippen LogP contribution in [-0.2, 0) is 16.4 Å². The van der Waals surface area contributed by atoms with E-state index in [-0.39, 0.29) is 29.1 Å². The highest BCUT2D eigenvalue weighted by molar-refractivity contribution is 7.91. The lowest BCUT2D eigenvalue weighted by Gasteiger charge is -2.33. The van der Waals surface area contributed by atoms with E-state index in [4.69, 9.17) is 14.2 Å². The molecule has 1 unspecified atom stereocenters. The van der Waals surface area contributed by atoms with Gasteiger partial charge in [0.25, 0.3) is 0 Å². The maximum Gasteiger partial charge on any atom is 0.231 e. The van der Waals surface area contributed by atoms with Gasteiger partial charge in [-0.05, 0) is 38.5 Å². The first-order chi connectivity index (χ1) is 15.4. The number of sulfone groups is 1. The molecule has 1 saturated heterocycles. The number of carbonyl (C=O) groups is 1. The van der Waals surface area contributed by atoms with Crippen LogP contribution in [0.5, 0.6) is 17.2 Å². The Hall–Kier alpha value is -2.84. The van der Waals surface area contributed by atoms with Crippen molar-refractivity contribution in [1.82, 2.24) is 4.90 Å². The molecule has 0 aromatic heterocycles. The zero-order chi connectivity index (χ0) is 22.5. The Morgan fingerprint density at radius 1 is 1.25 bits per heavy atom. The van der Waals surface area contributed by atoms with Gasteiger partial charge in [0, 0.05) is 29.3 Å². The van der Waals surface area contributed by atoms with Gasteiger partial charge in [0.05, 0.1) is 23.7 Å². The minimum Gasteiger partial charge on any atom is -0.493 e. The van der Waals surface area contributed by atoms with Crippen molar-refractivity contribution in [2.75, 3.05) is 24.8 Å². The van der Waals surface area contributed by atoms with E-state index in [1.807, 2.05) is 49.1 Å². The Morgan fingerprint density at radius 3 is 2.81 bits per heavy atom. The monoisotopic (exact) mass is 455 g/mol. The van der Waals surface area contributed by atoms with Gasteiger partial charge in [-0.15, -0.1) is 0 Å². The second-order valence-corrected chi connectivity index (χ2v) is 10.6. The highest BCUT2D eigenvalue weighted by atomic mass is 32.2. The van der Waals surface area contributed by atoms with Crippen LogP contribution < -0.4 is 14.2 Å². The van der Waals surface area contributed by atoms with Crippen LogP contribution in [0.1, 0.15) is 40.4 Å². The van der Waals surface area contributed by atoms with Crippen molar-refractivity contribution >= 4 is 21.7 Å². The molecule has 32 heavy (non-hydrogen) atoms. The smallest absolute Gasteiger partial charge is 0.231 e. The van der Waals surface area contributed by atoms with Crippen LogP contribution in [-0.4, -0.2) is 50.0 Å². The van der Waals surface area contributed by atoms with Crippen molar-refractivity contribution in [1.29, 1.82) is 0 Å². The first-order valence-electron chi connectivity index (χ1n) is 10.8. The van der Waals surface area contributed by atoms with Gasteiger partial charge in [-0.1, -0.05) is 18.2 Å². The van der Waals surface area contributed by atoms with Gasteiger partial charge in [-0.2, -0.15) is 0 Å². The molecule has 0 spiro atoms. The molecule has 2 aromatic carbocycles. The standard InChI is InChI=1S/C24H25NO6S/c1-3-29-20-7-5-4-6-16(20)11-21-22(26)19-10-17-12-25(18-8-9-32(27,28)13-18)14-30-23(17)15(2)24(19)31-21/h4-7,10-11,18H,3,8-9,12-14H2,1-2H3/b21-11-. The average molecular weight is 456 g/mol. The Morgan fingerprint density at radius 2 is 2.06 bits per heavy atom. The molecule has 0 amide bonds. The number of rotatable bonds is 4. The number of hydrogen-bond acceptors (Lipinski definition) is 7. The van der Waals surface area contributed by atoms with Crippen molar-refractivity contribution in [3.05, 3.63) is 58.3 Å². The zero-order valence-electron chi connectivity index (χ0n) is 18.1. The highest BCUT2D eigenvalue weighted by Gasteiger charge is 2.37. The second-order valence-electron chi connectivity index (χ2n) is 8.35. The van der Waals surface area contributed by atoms with Crippen LogP contribution in [0.3, 0.4) is 0 Å². The summed E-state index contributed by atoms with van der Waals surface area (Å²) >= 11 is 0. The van der Waals surface area contributed by atoms with Gasteiger partial charge < -0.3 is 14.2 Å². The van der Waals surface area contributed by atoms with E-state index in [9.17, 15) is 13.2 Å². The quantitative estimate of drug-likeness (QED) is 0.654. The minimum absolute atomic E-state index is 0.0563. The summed E-state index contributed by atoms with van der Waals surface area (Å²) in [6.07, 6.45) is 2.32. The van der Waals surface area contributed by atoms with Gasteiger partial charge in [0.2, 0.25) is 5.78 Å². The number of ketones is 1. The van der Waals surface area contributed by atoms with Crippen LogP contribution in [0.15, 0.2) is 36.1 Å². The molecule has 0 N–H and O–H groups in total. The number of benzene rings is 2. The van der Waals surface area contributed by atoms with E-state index in [0.717, 1.165) is 16.7 Å². The molecular weight excluding hydrogens is 430 g/mol. The van der Waals surface area contributed by atoms with Gasteiger partial charge in [-0.3, -0.25) is 9.69 Å². The molecule has 2 aromatic rings. The summed E-state index contributed by atoms with van der Waals surface area (Å²) in [4.78, 5) is 15.2. The van der Waals surface area contributed by atoms with E-state index in [2.05, 4.69) is 0 Å². The van der Waals surface area contributed by atoms with Crippen molar-refractivity contribution in [2.45, 2.75) is 32.9 Å². The van der Waals surface area contributed by atoms with E-state index in [1.54, 1.807) is 6.08 Å². The molecule has 0 radical (unpaired) electrons. The summed E-state index contributed by atoms with van der Waals surface area (Å²) in [5, 5.41) is 0. The molecule has 5 rings (SSSR count). The fourth-order valence-electron chi connectivity index (χ4n) is 4.59. The molecule has 0 bridgehead atoms. The number of Topliss-reactive ketones (excluding diaryl/α,β-unsaturated/α-hetero) is 1. The summed E-state index contributed by atoms with van der Waals surface area (Å²) in [5.74, 6) is 2.36. The van der Waals surface area contributed by atoms with Crippen molar-refractivity contribution < 1.29 is 27.4 Å². The number of nitrogens with zero attached hydrogens (tertiary/aromatic N) is 1. The SMILES string of the molecule is CCOc1ccccc1/C=C1\Oc2c(cc3c(c2C)OCN(C2CCS(=O)(=O)C2)C3)C1=O. The molecular formula is C24H25NO6S. The summed E-state index contributed by atoms with van der Waals surface area (Å²) in [7, 11) is -2.98. The first kappa shape index (κ1) is 21.0. The predicted octanol–water partition coefficient (Wildman–Crippen LogP) is 3.35. The van der Waals surface area contributed by atoms with Gasteiger partial charge in [-0.25, -0.2) is 8.42 Å². The molecule has 3 heterocycles. The molecule has 168 valence electrons. The van der Waals surface area contributed by atoms with Crippen LogP contribution in [0.25, 0.3) is 6.08 Å². The maximum atomic E-state index is 13.2. The number of para-hydroxylation sites is 1. The second kappa shape index (κ2) is 7.94. The Balaban J connectivity index is 1.45. The average Bonchev–Trinajstić information content (AvgIpc) is 3.29. The van der Waals surface area contributed by atoms with Crippen LogP contribution in [0, 0.1) is 6.92 Å². The largest absolute Gasteiger partial charge is 0.493 e. The third-order valence-electron chi connectivity index (χ3n) is 6.19. The molecule has 7 nitrogen and oxygen atoms in total. The molecule has 1 atom stereocenters. The number of allylic oxidation sites excluding steroid dienone is 1. The fraction of sp³-hybridized carbons (Fsp3) is 0.375. The maximum absolute atomic E-state index is 13.2. The number of ether oxygens (including phenoxy) is 3. The van der Waals surface area contributed by atoms with Crippen LogP contribution >= 0.6 is 0 Å². The first-order valence-corrected chi connectivity index (χ1v) is 12.6. The number of carbonyl (C=O) groups excluding carboxylic acids is 1. The lowest BCUT2D eigenvalue weighted by molar-refractivity contribution is 0.0637. The minimum atomic E-state index is -2.98. The van der Waals surface area contributed by atoms with E-state index >= 15 is 0 Å². The van der Waals surface area contributed by atoms with Gasteiger partial charge in [0.1, 0.15) is 24.0 Å². The highest BCUT2D eigenvalue weighted by Crippen LogP contribution is 2.44. The third-order valence-corrected chi connectivity index (χ3v) is 7.95. The molecule has 0 saturated carbocycles. The zero-order valence-corrected chi connectivity index (χ0v) is 18.9. The predicted molar refractivity (Wildman–Crippen MR) is 120 cm³/mol.